The topological polar surface area (TPSA) is 9.23 Å². The van der Waals surface area contributed by atoms with Crippen molar-refractivity contribution in [2.75, 3.05) is 0 Å². The number of rotatable bonds is 2. The van der Waals surface area contributed by atoms with Crippen LogP contribution in [-0.4, -0.2) is 11.7 Å². The maximum absolute atomic E-state index is 6.75. The first-order chi connectivity index (χ1) is 10.2. The Hall–Kier alpha value is -0.0400. The normalized spacial score (nSPS) is 35.3. The van der Waals surface area contributed by atoms with Crippen LogP contribution in [0.2, 0.25) is 0 Å². The number of hydrogen-bond donors (Lipinski definition) is 0. The Morgan fingerprint density at radius 3 is 1.90 bits per heavy atom. The highest BCUT2D eigenvalue weighted by Gasteiger charge is 2.42. The van der Waals surface area contributed by atoms with Crippen molar-refractivity contribution in [2.24, 2.45) is 11.8 Å². The Balaban J connectivity index is 2.02. The largest absolute Gasteiger partial charge is 0.371 e. The minimum Gasteiger partial charge on any atom is -0.371 e. The molecule has 3 unspecified atom stereocenters. The fraction of sp³-hybridized carbons (Fsp3) is 1.00. The van der Waals surface area contributed by atoms with Crippen LogP contribution in [0.3, 0.4) is 0 Å². The Labute approximate surface area is 133 Å². The lowest BCUT2D eigenvalue weighted by molar-refractivity contribution is -0.179. The van der Waals surface area contributed by atoms with Crippen molar-refractivity contribution in [3.63, 3.8) is 0 Å². The van der Waals surface area contributed by atoms with Crippen molar-refractivity contribution in [3.8, 4) is 0 Å². The lowest BCUT2D eigenvalue weighted by Gasteiger charge is -2.48. The van der Waals surface area contributed by atoms with Crippen molar-refractivity contribution in [1.29, 1.82) is 0 Å². The Kier molecular flexibility index (Phi) is 7.05. The molecule has 2 aliphatic rings. The van der Waals surface area contributed by atoms with Crippen molar-refractivity contribution in [1.82, 2.24) is 0 Å². The molecule has 1 nitrogen and oxygen atoms in total. The second-order valence-electron chi connectivity index (χ2n) is 7.80. The number of hydrogen-bond acceptors (Lipinski definition) is 1. The van der Waals surface area contributed by atoms with E-state index in [4.69, 9.17) is 4.74 Å². The van der Waals surface area contributed by atoms with Crippen molar-refractivity contribution in [3.05, 3.63) is 0 Å². The van der Waals surface area contributed by atoms with E-state index in [0.29, 0.717) is 6.10 Å². The highest BCUT2D eigenvalue weighted by molar-refractivity contribution is 4.91. The van der Waals surface area contributed by atoms with Gasteiger partial charge in [0.2, 0.25) is 0 Å². The zero-order valence-corrected chi connectivity index (χ0v) is 14.8. The molecule has 0 amide bonds. The lowest BCUT2D eigenvalue weighted by atomic mass is 9.72. The first kappa shape index (κ1) is 17.3. The molecule has 1 aliphatic carbocycles. The average Bonchev–Trinajstić information content (AvgIpc) is 2.48. The maximum Gasteiger partial charge on any atom is 0.0683 e. The van der Waals surface area contributed by atoms with Gasteiger partial charge in [-0.3, -0.25) is 0 Å². The van der Waals surface area contributed by atoms with Gasteiger partial charge in [0.1, 0.15) is 0 Å². The summed E-state index contributed by atoms with van der Waals surface area (Å²) in [5, 5.41) is 0. The van der Waals surface area contributed by atoms with Gasteiger partial charge in [0.15, 0.2) is 0 Å². The molecule has 21 heavy (non-hydrogen) atoms. The van der Waals surface area contributed by atoms with Crippen LogP contribution in [0.25, 0.3) is 0 Å². The van der Waals surface area contributed by atoms with Crippen LogP contribution in [-0.2, 0) is 4.74 Å². The van der Waals surface area contributed by atoms with E-state index >= 15 is 0 Å². The van der Waals surface area contributed by atoms with Crippen LogP contribution >= 0.6 is 0 Å². The van der Waals surface area contributed by atoms with E-state index in [2.05, 4.69) is 20.8 Å². The molecule has 2 fully saturated rings. The summed E-state index contributed by atoms with van der Waals surface area (Å²) in [6.45, 7) is 7.16. The molecule has 0 aromatic rings. The minimum absolute atomic E-state index is 0.192. The van der Waals surface area contributed by atoms with Gasteiger partial charge in [-0.1, -0.05) is 72.1 Å². The molecule has 0 aromatic heterocycles. The standard InChI is InChI=1S/C20H38O/c1-4-20(5-2)16-17(3)18-14-12-10-8-6-7-9-11-13-15-19(18)21-20/h17-19H,4-16H2,1-3H3. The highest BCUT2D eigenvalue weighted by Crippen LogP contribution is 2.44. The summed E-state index contributed by atoms with van der Waals surface area (Å²) in [7, 11) is 0. The molecule has 1 heterocycles. The predicted octanol–water partition coefficient (Wildman–Crippen LogP) is 6.50. The summed E-state index contributed by atoms with van der Waals surface area (Å²) in [5.74, 6) is 1.68. The first-order valence-electron chi connectivity index (χ1n) is 9.88. The number of fused-ring (bicyclic) bond motifs is 1. The smallest absolute Gasteiger partial charge is 0.0683 e. The van der Waals surface area contributed by atoms with Crippen LogP contribution < -0.4 is 0 Å². The zero-order valence-electron chi connectivity index (χ0n) is 14.8. The zero-order chi connectivity index (χ0) is 15.1. The van der Waals surface area contributed by atoms with Gasteiger partial charge in [0.25, 0.3) is 0 Å². The molecule has 0 bridgehead atoms. The van der Waals surface area contributed by atoms with E-state index in [9.17, 15) is 0 Å². The van der Waals surface area contributed by atoms with Crippen LogP contribution in [0, 0.1) is 11.8 Å². The van der Waals surface area contributed by atoms with Crippen LogP contribution in [0.15, 0.2) is 0 Å². The average molecular weight is 295 g/mol. The van der Waals surface area contributed by atoms with Crippen molar-refractivity contribution >= 4 is 0 Å². The van der Waals surface area contributed by atoms with Gasteiger partial charge >= 0.3 is 0 Å². The molecular formula is C20H38O. The Bertz CT molecular complexity index is 282. The van der Waals surface area contributed by atoms with Crippen LogP contribution in [0.5, 0.6) is 0 Å². The summed E-state index contributed by atoms with van der Waals surface area (Å²) in [6, 6.07) is 0. The molecule has 3 atom stereocenters. The van der Waals surface area contributed by atoms with Gasteiger partial charge in [-0.2, -0.15) is 0 Å². The SMILES string of the molecule is CCC1(CC)CC(C)C2CCCCCCCCCCC2O1. The molecule has 1 saturated heterocycles. The Morgan fingerprint density at radius 1 is 0.810 bits per heavy atom. The maximum atomic E-state index is 6.75. The monoisotopic (exact) mass is 294 g/mol. The third kappa shape index (κ3) is 4.71. The molecule has 1 aliphatic heterocycles. The summed E-state index contributed by atoms with van der Waals surface area (Å²) in [5.41, 5.74) is 0.192. The molecule has 0 radical (unpaired) electrons. The van der Waals surface area contributed by atoms with E-state index in [1.54, 1.807) is 0 Å². The van der Waals surface area contributed by atoms with Gasteiger partial charge in [-0.05, 0) is 43.9 Å². The van der Waals surface area contributed by atoms with E-state index in [-0.39, 0.29) is 5.60 Å². The molecule has 124 valence electrons. The summed E-state index contributed by atoms with van der Waals surface area (Å²) in [4.78, 5) is 0. The van der Waals surface area contributed by atoms with Crippen molar-refractivity contribution < 1.29 is 4.74 Å². The summed E-state index contributed by atoms with van der Waals surface area (Å²) < 4.78 is 6.75. The molecule has 0 aromatic carbocycles. The van der Waals surface area contributed by atoms with E-state index < -0.39 is 0 Å². The third-order valence-corrected chi connectivity index (χ3v) is 6.37. The molecule has 0 spiro atoms. The van der Waals surface area contributed by atoms with Gasteiger partial charge in [-0.25, -0.2) is 0 Å². The van der Waals surface area contributed by atoms with E-state index in [1.165, 1.54) is 83.5 Å². The second-order valence-corrected chi connectivity index (χ2v) is 7.80. The lowest BCUT2D eigenvalue weighted by Crippen LogP contribution is -2.48. The predicted molar refractivity (Wildman–Crippen MR) is 91.6 cm³/mol. The number of ether oxygens (including phenoxy) is 1. The molecule has 1 saturated carbocycles. The quantitative estimate of drug-likeness (QED) is 0.564. The van der Waals surface area contributed by atoms with Crippen LogP contribution in [0.4, 0.5) is 0 Å². The van der Waals surface area contributed by atoms with Crippen LogP contribution in [0.1, 0.15) is 104 Å². The third-order valence-electron chi connectivity index (χ3n) is 6.37. The van der Waals surface area contributed by atoms with Gasteiger partial charge < -0.3 is 4.74 Å². The highest BCUT2D eigenvalue weighted by atomic mass is 16.5. The minimum atomic E-state index is 0.192. The molecule has 0 N–H and O–H groups in total. The van der Waals surface area contributed by atoms with Gasteiger partial charge in [0, 0.05) is 0 Å². The molecule has 2 rings (SSSR count). The van der Waals surface area contributed by atoms with E-state index in [1.807, 2.05) is 0 Å². The molecule has 1 heteroatoms. The Morgan fingerprint density at radius 2 is 1.33 bits per heavy atom. The van der Waals surface area contributed by atoms with Gasteiger partial charge in [0.05, 0.1) is 11.7 Å². The van der Waals surface area contributed by atoms with E-state index in [0.717, 1.165) is 11.8 Å². The first-order valence-corrected chi connectivity index (χ1v) is 9.88. The van der Waals surface area contributed by atoms with Gasteiger partial charge in [-0.15, -0.1) is 0 Å². The fourth-order valence-corrected chi connectivity index (χ4v) is 4.80. The fourth-order valence-electron chi connectivity index (χ4n) is 4.80. The second kappa shape index (κ2) is 8.56. The summed E-state index contributed by atoms with van der Waals surface area (Å²) in [6.07, 6.45) is 18.5. The summed E-state index contributed by atoms with van der Waals surface area (Å²) >= 11 is 0. The molecular weight excluding hydrogens is 256 g/mol. The van der Waals surface area contributed by atoms with Crippen molar-refractivity contribution in [2.45, 2.75) is 116 Å².